The Morgan fingerprint density at radius 1 is 0.938 bits per heavy atom. The molecule has 0 unspecified atom stereocenters. The lowest BCUT2D eigenvalue weighted by Crippen LogP contribution is -2.48. The number of carbonyl (C=O) groups excluding carboxylic acids is 1. The fourth-order valence-electron chi connectivity index (χ4n) is 3.70. The van der Waals surface area contributed by atoms with E-state index in [-0.39, 0.29) is 18.2 Å². The second kappa shape index (κ2) is 11.6. The Morgan fingerprint density at radius 3 is 2.22 bits per heavy atom. The van der Waals surface area contributed by atoms with Gasteiger partial charge in [0.25, 0.3) is 0 Å². The van der Waals surface area contributed by atoms with Gasteiger partial charge >= 0.3 is 0 Å². The highest BCUT2D eigenvalue weighted by Crippen LogP contribution is 2.18. The number of aromatic hydroxyl groups is 1. The zero-order chi connectivity index (χ0) is 22.9. The Bertz CT molecular complexity index is 1000. The first-order valence-corrected chi connectivity index (χ1v) is 11.0. The molecule has 0 aromatic heterocycles. The van der Waals surface area contributed by atoms with Gasteiger partial charge in [0.2, 0.25) is 5.91 Å². The van der Waals surface area contributed by atoms with E-state index < -0.39 is 12.3 Å². The van der Waals surface area contributed by atoms with Crippen molar-refractivity contribution in [3.05, 3.63) is 77.9 Å². The van der Waals surface area contributed by atoms with Crippen LogP contribution in [0.1, 0.15) is 25.0 Å². The first-order chi connectivity index (χ1) is 15.5. The molecule has 0 fully saturated rings. The maximum absolute atomic E-state index is 13.4. The average Bonchev–Trinajstić information content (AvgIpc) is 2.80. The lowest BCUT2D eigenvalue weighted by Gasteiger charge is -2.29. The second-order valence-electron chi connectivity index (χ2n) is 7.72. The highest BCUT2D eigenvalue weighted by molar-refractivity contribution is 5.84. The molecule has 0 aliphatic carbocycles. The van der Waals surface area contributed by atoms with Crippen molar-refractivity contribution in [2.75, 3.05) is 19.8 Å². The van der Waals surface area contributed by atoms with Crippen molar-refractivity contribution in [1.29, 1.82) is 0 Å². The van der Waals surface area contributed by atoms with Crippen molar-refractivity contribution in [1.82, 2.24) is 4.90 Å². The largest absolute Gasteiger partial charge is 0.508 e. The second-order valence-corrected chi connectivity index (χ2v) is 7.72. The standard InChI is InChI=1S/C26H32N2O4/c1-3-31-25(32-4-2)18-28(17-20-9-12-21-7-5-6-8-22(21)15-20)26(30)24(27)16-19-10-13-23(29)14-11-19/h5-15,24-25,29H,3-4,16-18,27H2,1-2H3/t24-/m0/s1. The van der Waals surface area contributed by atoms with Gasteiger partial charge in [0.05, 0.1) is 12.6 Å². The normalized spacial score (nSPS) is 12.2. The number of ether oxygens (including phenoxy) is 2. The van der Waals surface area contributed by atoms with Gasteiger partial charge in [-0.15, -0.1) is 0 Å². The van der Waals surface area contributed by atoms with Crippen molar-refractivity contribution in [3.8, 4) is 5.75 Å². The summed E-state index contributed by atoms with van der Waals surface area (Å²) in [5.74, 6) is 0.0125. The van der Waals surface area contributed by atoms with Gasteiger partial charge in [-0.2, -0.15) is 0 Å². The zero-order valence-corrected chi connectivity index (χ0v) is 18.7. The number of phenols is 1. The number of fused-ring (bicyclic) bond motifs is 1. The van der Waals surface area contributed by atoms with Crippen LogP contribution in [-0.4, -0.2) is 48.0 Å². The minimum absolute atomic E-state index is 0.171. The molecule has 32 heavy (non-hydrogen) atoms. The van der Waals surface area contributed by atoms with Gasteiger partial charge in [0, 0.05) is 19.8 Å². The molecule has 0 spiro atoms. The molecule has 0 heterocycles. The summed E-state index contributed by atoms with van der Waals surface area (Å²) in [5, 5.41) is 11.8. The highest BCUT2D eigenvalue weighted by atomic mass is 16.7. The third-order valence-corrected chi connectivity index (χ3v) is 5.28. The van der Waals surface area contributed by atoms with Gasteiger partial charge in [-0.25, -0.2) is 0 Å². The summed E-state index contributed by atoms with van der Waals surface area (Å²) in [5.41, 5.74) is 8.22. The fraction of sp³-hybridized carbons (Fsp3) is 0.346. The fourth-order valence-corrected chi connectivity index (χ4v) is 3.70. The molecule has 1 atom stereocenters. The topological polar surface area (TPSA) is 85.0 Å². The number of hydrogen-bond donors (Lipinski definition) is 2. The number of nitrogens with two attached hydrogens (primary N) is 1. The van der Waals surface area contributed by atoms with Crippen LogP contribution in [0.25, 0.3) is 10.8 Å². The summed E-state index contributed by atoms with van der Waals surface area (Å²) in [4.78, 5) is 15.1. The van der Waals surface area contributed by atoms with E-state index in [1.54, 1.807) is 29.2 Å². The predicted molar refractivity (Wildman–Crippen MR) is 126 cm³/mol. The minimum atomic E-state index is -0.719. The van der Waals surface area contributed by atoms with E-state index in [4.69, 9.17) is 15.2 Å². The van der Waals surface area contributed by atoms with Crippen molar-refractivity contribution >= 4 is 16.7 Å². The average molecular weight is 437 g/mol. The maximum Gasteiger partial charge on any atom is 0.240 e. The maximum atomic E-state index is 13.4. The van der Waals surface area contributed by atoms with Gasteiger partial charge in [0.15, 0.2) is 6.29 Å². The molecule has 6 nitrogen and oxygen atoms in total. The number of carbonyl (C=O) groups is 1. The molecular weight excluding hydrogens is 404 g/mol. The molecule has 0 aliphatic rings. The van der Waals surface area contributed by atoms with E-state index in [0.717, 1.165) is 21.9 Å². The zero-order valence-electron chi connectivity index (χ0n) is 18.7. The first kappa shape index (κ1) is 23.7. The van der Waals surface area contributed by atoms with Gasteiger partial charge in [-0.1, -0.05) is 48.5 Å². The third-order valence-electron chi connectivity index (χ3n) is 5.28. The van der Waals surface area contributed by atoms with E-state index >= 15 is 0 Å². The number of nitrogens with zero attached hydrogens (tertiary/aromatic N) is 1. The Morgan fingerprint density at radius 2 is 1.56 bits per heavy atom. The highest BCUT2D eigenvalue weighted by Gasteiger charge is 2.25. The van der Waals surface area contributed by atoms with Gasteiger partial charge in [-0.3, -0.25) is 4.79 Å². The first-order valence-electron chi connectivity index (χ1n) is 11.0. The molecule has 0 radical (unpaired) electrons. The number of phenolic OH excluding ortho intramolecular Hbond substituents is 1. The summed E-state index contributed by atoms with van der Waals surface area (Å²) in [6.45, 7) is 5.47. The van der Waals surface area contributed by atoms with E-state index in [1.165, 1.54) is 0 Å². The van der Waals surface area contributed by atoms with E-state index in [1.807, 2.05) is 32.0 Å². The molecule has 6 heteroatoms. The number of amides is 1. The van der Waals surface area contributed by atoms with Gasteiger partial charge in [0.1, 0.15) is 5.75 Å². The molecule has 170 valence electrons. The molecule has 1 amide bonds. The molecule has 3 N–H and O–H groups in total. The van der Waals surface area contributed by atoms with Crippen LogP contribution in [0.2, 0.25) is 0 Å². The van der Waals surface area contributed by atoms with Gasteiger partial charge in [-0.05, 0) is 60.4 Å². The Labute approximate surface area is 189 Å². The van der Waals surface area contributed by atoms with Crippen molar-refractivity contribution in [3.63, 3.8) is 0 Å². The van der Waals surface area contributed by atoms with Crippen LogP contribution in [0.15, 0.2) is 66.7 Å². The summed E-state index contributed by atoms with van der Waals surface area (Å²) in [7, 11) is 0. The third kappa shape index (κ3) is 6.53. The van der Waals surface area contributed by atoms with Crippen molar-refractivity contribution in [2.24, 2.45) is 5.73 Å². The van der Waals surface area contributed by atoms with Crippen LogP contribution in [0.5, 0.6) is 5.75 Å². The molecule has 3 rings (SSSR count). The Kier molecular flexibility index (Phi) is 8.62. The van der Waals surface area contributed by atoms with E-state index in [9.17, 15) is 9.90 Å². The van der Waals surface area contributed by atoms with Crippen LogP contribution in [-0.2, 0) is 27.2 Å². The Hall–Kier alpha value is -2.93. The monoisotopic (exact) mass is 436 g/mol. The van der Waals surface area contributed by atoms with Crippen molar-refractivity contribution < 1.29 is 19.4 Å². The van der Waals surface area contributed by atoms with Crippen LogP contribution in [0.4, 0.5) is 0 Å². The quantitative estimate of drug-likeness (QED) is 0.446. The molecule has 0 aliphatic heterocycles. The van der Waals surface area contributed by atoms with Crippen LogP contribution in [0.3, 0.4) is 0 Å². The van der Waals surface area contributed by atoms with Crippen LogP contribution in [0, 0.1) is 0 Å². The van der Waals surface area contributed by atoms with E-state index in [0.29, 0.717) is 26.2 Å². The SMILES string of the molecule is CCOC(CN(Cc1ccc2ccccc2c1)C(=O)[C@@H](N)Cc1ccc(O)cc1)OCC. The molecule has 0 saturated carbocycles. The minimum Gasteiger partial charge on any atom is -0.508 e. The molecule has 0 bridgehead atoms. The smallest absolute Gasteiger partial charge is 0.240 e. The Balaban J connectivity index is 1.80. The summed E-state index contributed by atoms with van der Waals surface area (Å²) in [6, 6.07) is 20.4. The number of rotatable bonds is 11. The van der Waals surface area contributed by atoms with Crippen LogP contribution >= 0.6 is 0 Å². The predicted octanol–water partition coefficient (Wildman–Crippen LogP) is 3.84. The molecular formula is C26H32N2O4. The molecule has 3 aromatic carbocycles. The number of benzene rings is 3. The molecule has 3 aromatic rings. The summed E-state index contributed by atoms with van der Waals surface area (Å²) >= 11 is 0. The molecule has 0 saturated heterocycles. The van der Waals surface area contributed by atoms with Crippen molar-refractivity contribution in [2.45, 2.75) is 39.1 Å². The lowest BCUT2D eigenvalue weighted by atomic mass is 10.0. The van der Waals surface area contributed by atoms with Crippen LogP contribution < -0.4 is 5.73 Å². The number of hydrogen-bond acceptors (Lipinski definition) is 5. The summed E-state index contributed by atoms with van der Waals surface area (Å²) in [6.07, 6.45) is -0.142. The van der Waals surface area contributed by atoms with E-state index in [2.05, 4.69) is 24.3 Å². The summed E-state index contributed by atoms with van der Waals surface area (Å²) < 4.78 is 11.4. The van der Waals surface area contributed by atoms with Gasteiger partial charge < -0.3 is 25.2 Å². The lowest BCUT2D eigenvalue weighted by molar-refractivity contribution is -0.160.